The maximum atomic E-state index is 5.84. The Labute approximate surface area is 382 Å². The smallest absolute Gasteiger partial charge is 0.103 e. The van der Waals surface area contributed by atoms with Crippen LogP contribution in [0.1, 0.15) is 45.2 Å². The molecule has 8 aromatic carbocycles. The van der Waals surface area contributed by atoms with Crippen LogP contribution in [0.25, 0.3) is 10.6 Å². The summed E-state index contributed by atoms with van der Waals surface area (Å²) in [5.41, 5.74) is 8.28. The normalized spacial score (nSPS) is 17.2. The van der Waals surface area contributed by atoms with Crippen LogP contribution in [0.3, 0.4) is 0 Å². The zero-order valence-corrected chi connectivity index (χ0v) is 39.6. The molecule has 7 heteroatoms. The summed E-state index contributed by atoms with van der Waals surface area (Å²) in [6.45, 7) is 1.31. The molecule has 0 saturated carbocycles. The zero-order valence-electron chi connectivity index (χ0n) is 33.7. The molecule has 0 amide bonds. The molecule has 0 N–H and O–H groups in total. The number of hydrogen-bond donors (Lipinski definition) is 0. The summed E-state index contributed by atoms with van der Waals surface area (Å²) in [7, 11) is 7.34. The maximum Gasteiger partial charge on any atom is 0.103 e. The fourth-order valence-corrected chi connectivity index (χ4v) is 15.1. The van der Waals surface area contributed by atoms with Crippen molar-refractivity contribution in [1.29, 1.82) is 0 Å². The van der Waals surface area contributed by atoms with Gasteiger partial charge in [0.15, 0.2) is 0 Å². The summed E-state index contributed by atoms with van der Waals surface area (Å²) >= 11 is -0.826. The van der Waals surface area contributed by atoms with Crippen LogP contribution in [-0.2, 0) is 33.9 Å². The molecule has 2 atom stereocenters. The second-order valence-electron chi connectivity index (χ2n) is 15.5. The first kappa shape index (κ1) is 42.3. The standard InChI is InChI=1S/C54H44N2P2.2ClH.Zr/c1-5-23-41(24-6-1)57(42-25-7-2-8-26-42)49-35-19-13-21-39(49)37-55-53-51-45-31-15-17-33-47(45)52(48-34-18-16-32-46(48)51)54(53)56-38-40-22-14-20-36-50(40)58(43-27-9-3-10-28-43)44-29-11-4-12-30-44;;;/h1-36,51-54H,37-38H2;2*1H;/q-2;;;+4/t51?,52?,53-,54-;;;/m1.../s1. The van der Waals surface area contributed by atoms with Crippen LogP contribution in [0.2, 0.25) is 0 Å². The van der Waals surface area contributed by atoms with E-state index < -0.39 is 36.7 Å². The molecule has 8 aromatic rings. The average Bonchev–Trinajstić information content (AvgIpc) is 3.33. The van der Waals surface area contributed by atoms with Crippen molar-refractivity contribution in [2.75, 3.05) is 0 Å². The van der Waals surface area contributed by atoms with Crippen LogP contribution in [0.5, 0.6) is 0 Å². The number of benzene rings is 8. The van der Waals surface area contributed by atoms with E-state index in [0.29, 0.717) is 13.1 Å². The van der Waals surface area contributed by atoms with Gasteiger partial charge in [-0.1, -0.05) is 158 Å². The first-order valence-corrected chi connectivity index (χ1v) is 30.2. The van der Waals surface area contributed by atoms with Gasteiger partial charge in [0, 0.05) is 0 Å². The maximum absolute atomic E-state index is 5.84. The Morgan fingerprint density at radius 1 is 0.344 bits per heavy atom. The first-order valence-electron chi connectivity index (χ1n) is 20.8. The SMILES string of the molecule is [Cl][Zr+2][Cl].c1ccc([PH+](c2ccccc2)c2ccccc2C[N-][C@@H]2C3c4ccccc4C(c4ccccc43)[C@H]2[N-]Cc2ccccc2[PH+](c2ccccc2)c2ccccc2)cc1. The van der Waals surface area contributed by atoms with Crippen LogP contribution in [0.15, 0.2) is 218 Å². The van der Waals surface area contributed by atoms with Gasteiger partial charge in [-0.15, -0.1) is 25.2 Å². The summed E-state index contributed by atoms with van der Waals surface area (Å²) in [6, 6.07) is 80.8. The topological polar surface area (TPSA) is 28.2 Å². The molecule has 3 aliphatic rings. The average molecular weight is 947 g/mol. The van der Waals surface area contributed by atoms with Crippen molar-refractivity contribution in [1.82, 2.24) is 0 Å². The van der Waals surface area contributed by atoms with Gasteiger partial charge < -0.3 is 10.6 Å². The van der Waals surface area contributed by atoms with E-state index in [0.717, 1.165) is 0 Å². The number of halogens is 2. The first-order chi connectivity index (χ1) is 30.2. The molecule has 0 fully saturated rings. The van der Waals surface area contributed by atoms with E-state index in [1.807, 2.05) is 0 Å². The fraction of sp³-hybridized carbons (Fsp3) is 0.111. The molecule has 0 heterocycles. The molecule has 0 saturated heterocycles. The van der Waals surface area contributed by atoms with Crippen molar-refractivity contribution >= 4 is 64.7 Å². The van der Waals surface area contributed by atoms with Crippen molar-refractivity contribution in [3.63, 3.8) is 0 Å². The summed E-state index contributed by atoms with van der Waals surface area (Å²) in [5.74, 6) is 0.296. The molecule has 3 aliphatic carbocycles. The number of fused-ring (bicyclic) bond motifs is 1. The minimum absolute atomic E-state index is 0.00663. The van der Waals surface area contributed by atoms with Crippen LogP contribution in [0.4, 0.5) is 0 Å². The fourth-order valence-electron chi connectivity index (χ4n) is 9.63. The Morgan fingerprint density at radius 2 is 0.590 bits per heavy atom. The predicted octanol–water partition coefficient (Wildman–Crippen LogP) is 11.5. The molecular formula is C54H46Cl2N2P2Zr+2. The van der Waals surface area contributed by atoms with Crippen LogP contribution in [0, 0.1) is 0 Å². The third-order valence-corrected chi connectivity index (χ3v) is 17.8. The van der Waals surface area contributed by atoms with Crippen LogP contribution in [-0.4, -0.2) is 12.1 Å². The summed E-state index contributed by atoms with van der Waals surface area (Å²) in [4.78, 5) is 0. The Kier molecular flexibility index (Phi) is 14.2. The van der Waals surface area contributed by atoms with E-state index in [-0.39, 0.29) is 23.9 Å². The van der Waals surface area contributed by atoms with Gasteiger partial charge in [0.2, 0.25) is 0 Å². The van der Waals surface area contributed by atoms with Crippen molar-refractivity contribution in [3.8, 4) is 0 Å². The quantitative estimate of drug-likeness (QED) is 0.109. The van der Waals surface area contributed by atoms with E-state index >= 15 is 0 Å². The van der Waals surface area contributed by atoms with Crippen LogP contribution >= 0.6 is 32.9 Å². The third-order valence-electron chi connectivity index (χ3n) is 12.1. The number of rotatable bonds is 12. The summed E-state index contributed by atoms with van der Waals surface area (Å²) < 4.78 is 0. The minimum atomic E-state index is -1.26. The number of nitrogens with zero attached hydrogens (tertiary/aromatic N) is 2. The van der Waals surface area contributed by atoms with Crippen molar-refractivity contribution in [3.05, 3.63) is 262 Å². The molecule has 2 nitrogen and oxygen atoms in total. The van der Waals surface area contributed by atoms with E-state index in [2.05, 4.69) is 218 Å². The Morgan fingerprint density at radius 3 is 0.885 bits per heavy atom. The van der Waals surface area contributed by atoms with Gasteiger partial charge in [-0.3, -0.25) is 0 Å². The van der Waals surface area contributed by atoms with Gasteiger partial charge in [0.1, 0.15) is 31.8 Å². The Balaban J connectivity index is 0.00000154. The minimum Gasteiger partial charge on any atom is -0.656 e. The van der Waals surface area contributed by atoms with Gasteiger partial charge >= 0.3 is 37.9 Å². The van der Waals surface area contributed by atoms with Gasteiger partial charge in [-0.2, -0.15) is 0 Å². The van der Waals surface area contributed by atoms with E-state index in [1.54, 1.807) is 0 Å². The molecule has 0 spiro atoms. The van der Waals surface area contributed by atoms with E-state index in [4.69, 9.17) is 27.7 Å². The third kappa shape index (κ3) is 9.10. The van der Waals surface area contributed by atoms with Crippen molar-refractivity contribution < 1.29 is 20.8 Å². The summed E-state index contributed by atoms with van der Waals surface area (Å²) in [5, 5.41) is 20.1. The van der Waals surface area contributed by atoms with E-state index in [1.165, 1.54) is 65.2 Å². The molecule has 61 heavy (non-hydrogen) atoms. The second kappa shape index (κ2) is 20.5. The van der Waals surface area contributed by atoms with Crippen molar-refractivity contribution in [2.24, 2.45) is 0 Å². The largest absolute Gasteiger partial charge is 0.656 e. The van der Waals surface area contributed by atoms with E-state index in [9.17, 15) is 0 Å². The number of hydrogen-bond acceptors (Lipinski definition) is 0. The molecule has 11 rings (SSSR count). The second-order valence-corrected chi connectivity index (χ2v) is 24.1. The monoisotopic (exact) mass is 944 g/mol. The van der Waals surface area contributed by atoms with Gasteiger partial charge in [-0.25, -0.2) is 0 Å². The predicted molar refractivity (Wildman–Crippen MR) is 263 cm³/mol. The molecule has 0 aliphatic heterocycles. The van der Waals surface area contributed by atoms with Crippen LogP contribution < -0.4 is 31.8 Å². The zero-order chi connectivity index (χ0) is 41.4. The molecule has 0 radical (unpaired) electrons. The summed E-state index contributed by atoms with van der Waals surface area (Å²) in [6.07, 6.45) is 0. The Hall–Kier alpha value is -4.00. The molecule has 0 unspecified atom stereocenters. The van der Waals surface area contributed by atoms with Gasteiger partial charge in [0.25, 0.3) is 0 Å². The molecule has 2 bridgehead atoms. The molecule has 298 valence electrons. The van der Waals surface area contributed by atoms with Gasteiger partial charge in [-0.05, 0) is 106 Å². The molecule has 0 aromatic heterocycles. The Bertz CT molecular complexity index is 2340. The molecular weight excluding hydrogens is 901 g/mol. The van der Waals surface area contributed by atoms with Crippen molar-refractivity contribution in [2.45, 2.75) is 37.0 Å². The van der Waals surface area contributed by atoms with Gasteiger partial charge in [0.05, 0.1) is 15.8 Å².